The molecule has 1 atom stereocenters. The van der Waals surface area contributed by atoms with Gasteiger partial charge in [0.1, 0.15) is 0 Å². The van der Waals surface area contributed by atoms with E-state index in [4.69, 9.17) is 0 Å². The van der Waals surface area contributed by atoms with Crippen LogP contribution in [0.2, 0.25) is 0 Å². The lowest BCUT2D eigenvalue weighted by Gasteiger charge is -2.17. The van der Waals surface area contributed by atoms with Crippen LogP contribution >= 0.6 is 66.8 Å². The summed E-state index contributed by atoms with van der Waals surface area (Å²) >= 11 is 4.70. The summed E-state index contributed by atoms with van der Waals surface area (Å²) in [6, 6.07) is 0. The van der Waals surface area contributed by atoms with Gasteiger partial charge in [0.25, 0.3) is 0 Å². The number of halogens is 2. The molecule has 0 saturated heterocycles. The molecule has 1 aliphatic rings. The molecular weight excluding hydrogens is 390 g/mol. The second-order valence-electron chi connectivity index (χ2n) is 1.90. The van der Waals surface area contributed by atoms with Crippen LogP contribution in [0.15, 0.2) is 19.1 Å². The van der Waals surface area contributed by atoms with E-state index in [1.807, 2.05) is 21.6 Å². The first-order valence-electron chi connectivity index (χ1n) is 2.71. The molecule has 1 rings (SSSR count). The Kier molecular flexibility index (Phi) is 4.49. The van der Waals surface area contributed by atoms with Gasteiger partial charge in [-0.1, -0.05) is 28.2 Å². The molecule has 0 N–H and O–H groups in total. The fraction of sp³-hybridized carbons (Fsp3) is 0.333. The molecule has 0 aromatic rings. The molecule has 0 aromatic carbocycles. The third kappa shape index (κ3) is 2.94. The first kappa shape index (κ1) is 9.73. The molecule has 1 aliphatic heterocycles. The van der Waals surface area contributed by atoms with Crippen LogP contribution in [-0.4, -0.2) is 5.25 Å². The molecule has 1 heterocycles. The van der Waals surface area contributed by atoms with E-state index in [0.717, 1.165) is 0 Å². The molecule has 0 aromatic heterocycles. The summed E-state index contributed by atoms with van der Waals surface area (Å²) in [6.07, 6.45) is 1.17. The van der Waals surface area contributed by atoms with Crippen LogP contribution in [0.1, 0.15) is 6.42 Å². The highest BCUT2D eigenvalue weighted by atomic mass is 127. The largest absolute Gasteiger partial charge is 0.0885 e. The van der Waals surface area contributed by atoms with E-state index >= 15 is 0 Å². The van der Waals surface area contributed by atoms with Crippen molar-refractivity contribution in [3.63, 3.8) is 0 Å². The molecule has 0 fully saturated rings. The van der Waals surface area contributed by atoms with E-state index in [1.54, 1.807) is 0 Å². The maximum Gasteiger partial charge on any atom is 0.0501 e. The van der Waals surface area contributed by atoms with Crippen molar-refractivity contribution < 1.29 is 0 Å². The first-order valence-corrected chi connectivity index (χ1v) is 7.14. The molecular formula is C6H6I2S2. The van der Waals surface area contributed by atoms with Crippen LogP contribution in [0.5, 0.6) is 0 Å². The van der Waals surface area contributed by atoms with E-state index in [9.17, 15) is 0 Å². The molecule has 0 radical (unpaired) electrons. The second-order valence-corrected chi connectivity index (χ2v) is 7.01. The smallest absolute Gasteiger partial charge is 0.0501 e. The Labute approximate surface area is 96.3 Å². The zero-order valence-electron chi connectivity index (χ0n) is 5.14. The minimum Gasteiger partial charge on any atom is -0.0885 e. The van der Waals surface area contributed by atoms with Crippen molar-refractivity contribution >= 4 is 66.8 Å². The van der Waals surface area contributed by atoms with Crippen LogP contribution in [0, 0.1) is 0 Å². The minimum absolute atomic E-state index is 0.627. The van der Waals surface area contributed by atoms with Gasteiger partial charge in [-0.25, -0.2) is 0 Å². The van der Waals surface area contributed by atoms with Crippen LogP contribution < -0.4 is 0 Å². The number of allylic oxidation sites excluding steroid dienone is 1. The molecule has 1 unspecified atom stereocenters. The molecule has 10 heavy (non-hydrogen) atoms. The zero-order valence-corrected chi connectivity index (χ0v) is 11.1. The normalized spacial score (nSPS) is 25.8. The summed E-state index contributed by atoms with van der Waals surface area (Å²) in [5.74, 6) is 0. The third-order valence-electron chi connectivity index (χ3n) is 1.08. The zero-order chi connectivity index (χ0) is 7.56. The monoisotopic (exact) mass is 396 g/mol. The van der Waals surface area contributed by atoms with Crippen molar-refractivity contribution in [3.05, 3.63) is 19.1 Å². The number of rotatable bonds is 1. The first-order chi connectivity index (χ1) is 4.70. The summed E-state index contributed by atoms with van der Waals surface area (Å²) in [4.78, 5) is 0. The van der Waals surface area contributed by atoms with Gasteiger partial charge in [-0.3, -0.25) is 0 Å². The Balaban J connectivity index is 2.53. The van der Waals surface area contributed by atoms with Gasteiger partial charge in [-0.15, -0.1) is 0 Å². The molecule has 0 aliphatic carbocycles. The lowest BCUT2D eigenvalue weighted by Crippen LogP contribution is -2.01. The Morgan fingerprint density at radius 2 is 2.50 bits per heavy atom. The summed E-state index contributed by atoms with van der Waals surface area (Å²) in [5.41, 5.74) is 0. The van der Waals surface area contributed by atoms with Crippen LogP contribution in [-0.2, 0) is 0 Å². The summed E-state index contributed by atoms with van der Waals surface area (Å²) in [6.45, 7) is 3.94. The Morgan fingerprint density at radius 1 is 1.80 bits per heavy atom. The van der Waals surface area contributed by atoms with E-state index in [0.29, 0.717) is 5.25 Å². The van der Waals surface area contributed by atoms with Gasteiger partial charge >= 0.3 is 0 Å². The number of hydrogen-bond donors (Lipinski definition) is 0. The van der Waals surface area contributed by atoms with Crippen LogP contribution in [0.4, 0.5) is 0 Å². The fourth-order valence-corrected chi connectivity index (χ4v) is 5.54. The average Bonchev–Trinajstić information content (AvgIpc) is 1.88. The van der Waals surface area contributed by atoms with Crippen molar-refractivity contribution in [2.24, 2.45) is 0 Å². The maximum atomic E-state index is 3.94. The quantitative estimate of drug-likeness (QED) is 0.477. The number of hydrogen-bond acceptors (Lipinski definition) is 2. The van der Waals surface area contributed by atoms with Gasteiger partial charge < -0.3 is 0 Å². The average molecular weight is 396 g/mol. The minimum atomic E-state index is 0.627. The van der Waals surface area contributed by atoms with Crippen molar-refractivity contribution in [2.75, 3.05) is 0 Å². The Morgan fingerprint density at radius 3 is 2.90 bits per heavy atom. The molecule has 0 spiro atoms. The summed E-state index contributed by atoms with van der Waals surface area (Å²) in [7, 11) is 3.72. The van der Waals surface area contributed by atoms with Crippen molar-refractivity contribution in [1.29, 1.82) is 0 Å². The second kappa shape index (κ2) is 4.61. The Bertz CT molecular complexity index is 177. The molecule has 4 heteroatoms. The van der Waals surface area contributed by atoms with Crippen LogP contribution in [0.25, 0.3) is 0 Å². The SMILES string of the molecule is C=C(I)C1CC(I)=CSS1. The standard InChI is InChI=1S/C6H6I2S2/c1-4(7)6-2-5(8)3-9-10-6/h3,6H,1-2H2. The summed E-state index contributed by atoms with van der Waals surface area (Å²) in [5, 5.41) is 2.84. The lowest BCUT2D eigenvalue weighted by atomic mass is 10.3. The van der Waals surface area contributed by atoms with Gasteiger partial charge in [-0.2, -0.15) is 0 Å². The van der Waals surface area contributed by atoms with E-state index in [-0.39, 0.29) is 0 Å². The van der Waals surface area contributed by atoms with Crippen molar-refractivity contribution in [2.45, 2.75) is 11.7 Å². The Hall–Kier alpha value is 1.64. The van der Waals surface area contributed by atoms with E-state index < -0.39 is 0 Å². The van der Waals surface area contributed by atoms with Gasteiger partial charge in [0.2, 0.25) is 0 Å². The predicted molar refractivity (Wildman–Crippen MR) is 68.9 cm³/mol. The van der Waals surface area contributed by atoms with Gasteiger partial charge in [0, 0.05) is 0 Å². The van der Waals surface area contributed by atoms with Crippen molar-refractivity contribution in [1.82, 2.24) is 0 Å². The molecule has 0 saturated carbocycles. The van der Waals surface area contributed by atoms with E-state index in [2.05, 4.69) is 57.2 Å². The van der Waals surface area contributed by atoms with Gasteiger partial charge in [0.15, 0.2) is 0 Å². The molecule has 0 bridgehead atoms. The van der Waals surface area contributed by atoms with Gasteiger partial charge in [0.05, 0.1) is 5.25 Å². The topological polar surface area (TPSA) is 0 Å². The third-order valence-corrected chi connectivity index (χ3v) is 5.92. The molecule has 56 valence electrons. The predicted octanol–water partition coefficient (Wildman–Crippen LogP) is 4.37. The molecule has 0 amide bonds. The summed E-state index contributed by atoms with van der Waals surface area (Å²) < 4.78 is 2.71. The lowest BCUT2D eigenvalue weighted by molar-refractivity contribution is 1.07. The highest BCUT2D eigenvalue weighted by Gasteiger charge is 2.16. The van der Waals surface area contributed by atoms with Crippen molar-refractivity contribution in [3.8, 4) is 0 Å². The highest BCUT2D eigenvalue weighted by Crippen LogP contribution is 2.43. The van der Waals surface area contributed by atoms with E-state index in [1.165, 1.54) is 13.6 Å². The van der Waals surface area contributed by atoms with Gasteiger partial charge in [-0.05, 0) is 64.2 Å². The van der Waals surface area contributed by atoms with Crippen LogP contribution in [0.3, 0.4) is 0 Å². The maximum absolute atomic E-state index is 3.94. The highest BCUT2D eigenvalue weighted by molar-refractivity contribution is 14.1. The molecule has 0 nitrogen and oxygen atoms in total. The fourth-order valence-electron chi connectivity index (χ4n) is 0.569.